The van der Waals surface area contributed by atoms with Crippen LogP contribution in [0, 0.1) is 0 Å². The Hall–Kier alpha value is -1.40. The van der Waals surface area contributed by atoms with Crippen LogP contribution in [0.2, 0.25) is 0 Å². The van der Waals surface area contributed by atoms with Crippen molar-refractivity contribution < 1.29 is 9.59 Å². The van der Waals surface area contributed by atoms with Crippen molar-refractivity contribution in [3.8, 4) is 0 Å². The van der Waals surface area contributed by atoms with E-state index >= 15 is 0 Å². The molecule has 1 aromatic heterocycles. The van der Waals surface area contributed by atoms with E-state index in [1.54, 1.807) is 0 Å². The second-order valence-electron chi connectivity index (χ2n) is 4.89. The highest BCUT2D eigenvalue weighted by Crippen LogP contribution is 2.34. The van der Waals surface area contributed by atoms with Crippen LogP contribution in [-0.4, -0.2) is 37.0 Å². The molecular weight excluding hydrogens is 274 g/mol. The molecule has 1 atom stereocenters. The minimum absolute atomic E-state index is 0.227. The number of urea groups is 1. The van der Waals surface area contributed by atoms with Crippen LogP contribution in [0.25, 0.3) is 0 Å². The number of hydrogen-bond acceptors (Lipinski definition) is 4. The van der Waals surface area contributed by atoms with E-state index < -0.39 is 6.03 Å². The second kappa shape index (κ2) is 6.85. The Kier molecular flexibility index (Phi) is 5.14. The molecule has 5 nitrogen and oxygen atoms in total. The molecule has 3 amide bonds. The van der Waals surface area contributed by atoms with Gasteiger partial charge < -0.3 is 5.32 Å². The summed E-state index contributed by atoms with van der Waals surface area (Å²) in [7, 11) is 1.50. The Bertz CT molecular complexity index is 487. The van der Waals surface area contributed by atoms with Crippen molar-refractivity contribution in [3.63, 3.8) is 0 Å². The standard InChI is InChI=1S/C14H21N3O2S/c1-3-11-10-6-9-20-12(10)4-7-17(11)8-5-13(18)16-14(19)15-2/h6,9,11H,3-5,7-8H2,1-2H3,(H2,15,16,18,19)/t11-/m1/s1. The Balaban J connectivity index is 1.90. The largest absolute Gasteiger partial charge is 0.341 e. The Labute approximate surface area is 123 Å². The van der Waals surface area contributed by atoms with Crippen LogP contribution in [0.3, 0.4) is 0 Å². The van der Waals surface area contributed by atoms with Crippen molar-refractivity contribution in [2.24, 2.45) is 0 Å². The maximum atomic E-state index is 11.6. The maximum Gasteiger partial charge on any atom is 0.321 e. The number of carbonyl (C=O) groups excluding carboxylic acids is 2. The number of nitrogens with one attached hydrogen (secondary N) is 2. The topological polar surface area (TPSA) is 61.4 Å². The molecule has 1 aliphatic rings. The predicted octanol–water partition coefficient (Wildman–Crippen LogP) is 1.90. The number of hydrogen-bond donors (Lipinski definition) is 2. The van der Waals surface area contributed by atoms with Crippen molar-refractivity contribution >= 4 is 23.3 Å². The first-order valence-corrected chi connectivity index (χ1v) is 7.85. The Morgan fingerprint density at radius 2 is 2.30 bits per heavy atom. The molecule has 2 N–H and O–H groups in total. The number of nitrogens with zero attached hydrogens (tertiary/aromatic N) is 1. The van der Waals surface area contributed by atoms with Crippen LogP contribution >= 0.6 is 11.3 Å². The van der Waals surface area contributed by atoms with E-state index in [1.165, 1.54) is 17.5 Å². The molecule has 6 heteroatoms. The monoisotopic (exact) mass is 295 g/mol. The first-order valence-electron chi connectivity index (χ1n) is 6.97. The van der Waals surface area contributed by atoms with Gasteiger partial charge in [0.25, 0.3) is 0 Å². The first-order chi connectivity index (χ1) is 9.65. The molecule has 0 bridgehead atoms. The molecular formula is C14H21N3O2S. The number of fused-ring (bicyclic) bond motifs is 1. The number of amides is 3. The van der Waals surface area contributed by atoms with Gasteiger partial charge in [0.05, 0.1) is 0 Å². The van der Waals surface area contributed by atoms with Gasteiger partial charge in [-0.15, -0.1) is 11.3 Å². The zero-order chi connectivity index (χ0) is 14.5. The van der Waals surface area contributed by atoms with Crippen molar-refractivity contribution in [2.45, 2.75) is 32.2 Å². The molecule has 0 aliphatic carbocycles. The lowest BCUT2D eigenvalue weighted by atomic mass is 9.97. The average molecular weight is 295 g/mol. The molecule has 2 heterocycles. The van der Waals surface area contributed by atoms with Crippen molar-refractivity contribution in [1.82, 2.24) is 15.5 Å². The molecule has 0 saturated carbocycles. The molecule has 20 heavy (non-hydrogen) atoms. The summed E-state index contributed by atoms with van der Waals surface area (Å²) in [4.78, 5) is 26.5. The lowest BCUT2D eigenvalue weighted by Gasteiger charge is -2.35. The minimum Gasteiger partial charge on any atom is -0.341 e. The van der Waals surface area contributed by atoms with Crippen molar-refractivity contribution in [3.05, 3.63) is 21.9 Å². The fraction of sp³-hybridized carbons (Fsp3) is 0.571. The molecule has 0 fully saturated rings. The smallest absolute Gasteiger partial charge is 0.321 e. The zero-order valence-corrected chi connectivity index (χ0v) is 12.8. The van der Waals surface area contributed by atoms with Gasteiger partial charge in [0.1, 0.15) is 0 Å². The molecule has 0 unspecified atom stereocenters. The van der Waals surface area contributed by atoms with Crippen molar-refractivity contribution in [1.29, 1.82) is 0 Å². The third kappa shape index (κ3) is 3.37. The Morgan fingerprint density at radius 3 is 3.00 bits per heavy atom. The van der Waals surface area contributed by atoms with E-state index in [4.69, 9.17) is 0 Å². The van der Waals surface area contributed by atoms with Gasteiger partial charge in [0.2, 0.25) is 5.91 Å². The maximum absolute atomic E-state index is 11.6. The third-order valence-corrected chi connectivity index (χ3v) is 4.70. The highest BCUT2D eigenvalue weighted by molar-refractivity contribution is 7.10. The van der Waals surface area contributed by atoms with Crippen LogP contribution < -0.4 is 10.6 Å². The molecule has 0 saturated heterocycles. The van der Waals surface area contributed by atoms with Gasteiger partial charge in [0.15, 0.2) is 0 Å². The SMILES string of the molecule is CC[C@@H]1c2ccsc2CCN1CCC(=O)NC(=O)NC. The summed E-state index contributed by atoms with van der Waals surface area (Å²) < 4.78 is 0. The van der Waals surface area contributed by atoms with Gasteiger partial charge >= 0.3 is 6.03 Å². The van der Waals surface area contributed by atoms with Crippen LogP contribution in [-0.2, 0) is 11.2 Å². The summed E-state index contributed by atoms with van der Waals surface area (Å²) in [6, 6.07) is 2.16. The lowest BCUT2D eigenvalue weighted by Crippen LogP contribution is -2.41. The average Bonchev–Trinajstić information content (AvgIpc) is 2.92. The van der Waals surface area contributed by atoms with Crippen LogP contribution in [0.5, 0.6) is 0 Å². The van der Waals surface area contributed by atoms with Crippen LogP contribution in [0.1, 0.15) is 36.2 Å². The molecule has 1 aromatic rings. The van der Waals surface area contributed by atoms with E-state index in [0.29, 0.717) is 19.0 Å². The summed E-state index contributed by atoms with van der Waals surface area (Å²) in [5.74, 6) is -0.227. The van der Waals surface area contributed by atoms with E-state index in [9.17, 15) is 9.59 Å². The Morgan fingerprint density at radius 1 is 1.50 bits per heavy atom. The quantitative estimate of drug-likeness (QED) is 0.892. The molecule has 110 valence electrons. The third-order valence-electron chi connectivity index (χ3n) is 3.70. The lowest BCUT2D eigenvalue weighted by molar-refractivity contribution is -0.120. The molecule has 0 radical (unpaired) electrons. The predicted molar refractivity (Wildman–Crippen MR) is 79.8 cm³/mol. The summed E-state index contributed by atoms with van der Waals surface area (Å²) in [5, 5.41) is 6.83. The fourth-order valence-electron chi connectivity index (χ4n) is 2.69. The molecule has 0 aromatic carbocycles. The minimum atomic E-state index is -0.444. The van der Waals surface area contributed by atoms with Gasteiger partial charge in [0, 0.05) is 37.5 Å². The van der Waals surface area contributed by atoms with Gasteiger partial charge in [-0.05, 0) is 29.9 Å². The fourth-order valence-corrected chi connectivity index (χ4v) is 3.62. The summed E-state index contributed by atoms with van der Waals surface area (Å²) in [6.07, 6.45) is 2.45. The molecule has 1 aliphatic heterocycles. The first kappa shape index (κ1) is 15.0. The number of rotatable bonds is 4. The van der Waals surface area contributed by atoms with Gasteiger partial charge in [-0.1, -0.05) is 6.92 Å². The second-order valence-corrected chi connectivity index (χ2v) is 5.89. The number of imide groups is 1. The van der Waals surface area contributed by atoms with E-state index in [-0.39, 0.29) is 5.91 Å². The van der Waals surface area contributed by atoms with Crippen LogP contribution in [0.4, 0.5) is 4.79 Å². The zero-order valence-electron chi connectivity index (χ0n) is 11.9. The number of carbonyl (C=O) groups is 2. The molecule has 0 spiro atoms. The number of thiophene rings is 1. The van der Waals surface area contributed by atoms with Crippen LogP contribution in [0.15, 0.2) is 11.4 Å². The van der Waals surface area contributed by atoms with E-state index in [0.717, 1.165) is 19.4 Å². The van der Waals surface area contributed by atoms with Gasteiger partial charge in [-0.3, -0.25) is 15.0 Å². The van der Waals surface area contributed by atoms with E-state index in [1.807, 2.05) is 11.3 Å². The van der Waals surface area contributed by atoms with E-state index in [2.05, 4.69) is 33.9 Å². The highest BCUT2D eigenvalue weighted by Gasteiger charge is 2.26. The summed E-state index contributed by atoms with van der Waals surface area (Å²) in [5.41, 5.74) is 1.41. The van der Waals surface area contributed by atoms with Gasteiger partial charge in [-0.25, -0.2) is 4.79 Å². The summed E-state index contributed by atoms with van der Waals surface area (Å²) >= 11 is 1.82. The highest BCUT2D eigenvalue weighted by atomic mass is 32.1. The summed E-state index contributed by atoms with van der Waals surface area (Å²) in [6.45, 7) is 3.85. The molecule has 2 rings (SSSR count). The van der Waals surface area contributed by atoms with Gasteiger partial charge in [-0.2, -0.15) is 0 Å². The normalized spacial score (nSPS) is 18.4. The van der Waals surface area contributed by atoms with Crippen molar-refractivity contribution in [2.75, 3.05) is 20.1 Å².